The minimum Gasteiger partial charge on any atom is -0.337 e. The second-order valence-electron chi connectivity index (χ2n) is 7.32. The van der Waals surface area contributed by atoms with Crippen LogP contribution in [0.1, 0.15) is 29.6 Å². The first kappa shape index (κ1) is 19.1. The Morgan fingerprint density at radius 1 is 1.08 bits per heavy atom. The molecule has 1 saturated carbocycles. The molecule has 142 valence electrons. The largest absolute Gasteiger partial charge is 0.337 e. The molecule has 0 bridgehead atoms. The number of anilines is 1. The third kappa shape index (κ3) is 4.37. The van der Waals surface area contributed by atoms with Crippen LogP contribution >= 0.6 is 12.4 Å². The van der Waals surface area contributed by atoms with Gasteiger partial charge in [-0.05, 0) is 37.5 Å². The number of benzene rings is 1. The summed E-state index contributed by atoms with van der Waals surface area (Å²) < 4.78 is 0. The second-order valence-corrected chi connectivity index (χ2v) is 7.32. The summed E-state index contributed by atoms with van der Waals surface area (Å²) in [5, 5.41) is 6.30. The van der Waals surface area contributed by atoms with Crippen LogP contribution in [-0.2, 0) is 4.79 Å². The summed E-state index contributed by atoms with van der Waals surface area (Å²) in [5.74, 6) is 0.308. The number of rotatable bonds is 4. The van der Waals surface area contributed by atoms with Crippen molar-refractivity contribution < 1.29 is 9.59 Å². The van der Waals surface area contributed by atoms with Gasteiger partial charge in [0.15, 0.2) is 0 Å². The Kier molecular flexibility index (Phi) is 6.16. The van der Waals surface area contributed by atoms with E-state index < -0.39 is 0 Å². The molecule has 2 saturated heterocycles. The fourth-order valence-electron chi connectivity index (χ4n) is 3.77. The maximum atomic E-state index is 12.8. The molecule has 1 aromatic carbocycles. The Morgan fingerprint density at radius 2 is 1.85 bits per heavy atom. The predicted molar refractivity (Wildman–Crippen MR) is 104 cm³/mol. The zero-order valence-corrected chi connectivity index (χ0v) is 15.8. The first-order valence-electron chi connectivity index (χ1n) is 9.36. The maximum Gasteiger partial charge on any atom is 0.253 e. The lowest BCUT2D eigenvalue weighted by atomic mass is 10.1. The van der Waals surface area contributed by atoms with Crippen LogP contribution in [0.15, 0.2) is 24.3 Å². The van der Waals surface area contributed by atoms with Crippen molar-refractivity contribution in [3.05, 3.63) is 29.8 Å². The normalized spacial score (nSPS) is 23.4. The van der Waals surface area contributed by atoms with Gasteiger partial charge in [-0.2, -0.15) is 0 Å². The molecule has 1 unspecified atom stereocenters. The highest BCUT2D eigenvalue weighted by molar-refractivity contribution is 5.98. The molecule has 26 heavy (non-hydrogen) atoms. The molecule has 3 fully saturated rings. The highest BCUT2D eigenvalue weighted by atomic mass is 35.5. The van der Waals surface area contributed by atoms with E-state index in [1.807, 2.05) is 23.1 Å². The van der Waals surface area contributed by atoms with Crippen molar-refractivity contribution >= 4 is 29.9 Å². The van der Waals surface area contributed by atoms with Gasteiger partial charge in [-0.3, -0.25) is 14.5 Å². The molecule has 2 aliphatic heterocycles. The highest BCUT2D eigenvalue weighted by Gasteiger charge is 2.32. The Hall–Kier alpha value is -1.63. The highest BCUT2D eigenvalue weighted by Crippen LogP contribution is 2.30. The number of amides is 2. The topological polar surface area (TPSA) is 64.7 Å². The summed E-state index contributed by atoms with van der Waals surface area (Å²) in [7, 11) is 0. The lowest BCUT2D eigenvalue weighted by Gasteiger charge is -2.32. The average molecular weight is 379 g/mol. The molecule has 1 aromatic rings. The average Bonchev–Trinajstić information content (AvgIpc) is 3.39. The SMILES string of the molecule is Cl.O=C(Nc1cccc(C(=O)N2CCC(N3CCNCC3)C2)c1)C1CC1. The van der Waals surface area contributed by atoms with Gasteiger partial charge in [0, 0.05) is 62.5 Å². The molecule has 6 nitrogen and oxygen atoms in total. The molecule has 0 spiro atoms. The number of likely N-dealkylation sites (tertiary alicyclic amines) is 1. The minimum absolute atomic E-state index is 0. The van der Waals surface area contributed by atoms with Gasteiger partial charge in [-0.1, -0.05) is 6.07 Å². The molecule has 4 rings (SSSR count). The molecule has 1 atom stereocenters. The molecule has 1 aliphatic carbocycles. The van der Waals surface area contributed by atoms with E-state index in [1.54, 1.807) is 6.07 Å². The van der Waals surface area contributed by atoms with Gasteiger partial charge >= 0.3 is 0 Å². The number of carbonyl (C=O) groups is 2. The van der Waals surface area contributed by atoms with Crippen molar-refractivity contribution in [2.75, 3.05) is 44.6 Å². The fourth-order valence-corrected chi connectivity index (χ4v) is 3.77. The van der Waals surface area contributed by atoms with Gasteiger partial charge in [-0.25, -0.2) is 0 Å². The van der Waals surface area contributed by atoms with Crippen LogP contribution in [0.3, 0.4) is 0 Å². The second kappa shape index (κ2) is 8.37. The van der Waals surface area contributed by atoms with Crippen molar-refractivity contribution in [3.8, 4) is 0 Å². The van der Waals surface area contributed by atoms with E-state index in [2.05, 4.69) is 15.5 Å². The summed E-state index contributed by atoms with van der Waals surface area (Å²) in [6.45, 7) is 5.81. The van der Waals surface area contributed by atoms with Gasteiger partial charge in [0.05, 0.1) is 0 Å². The molecule has 7 heteroatoms. The van der Waals surface area contributed by atoms with Crippen LogP contribution in [0.4, 0.5) is 5.69 Å². The molecule has 0 aromatic heterocycles. The van der Waals surface area contributed by atoms with Crippen LogP contribution in [0.5, 0.6) is 0 Å². The molecular formula is C19H27ClN4O2. The number of hydrogen-bond acceptors (Lipinski definition) is 4. The summed E-state index contributed by atoms with van der Waals surface area (Å²) >= 11 is 0. The first-order chi connectivity index (χ1) is 12.2. The van der Waals surface area contributed by atoms with Crippen molar-refractivity contribution in [1.82, 2.24) is 15.1 Å². The van der Waals surface area contributed by atoms with Crippen LogP contribution in [-0.4, -0.2) is 66.9 Å². The number of halogens is 1. The third-order valence-corrected chi connectivity index (χ3v) is 5.44. The van der Waals surface area contributed by atoms with E-state index >= 15 is 0 Å². The molecule has 2 N–H and O–H groups in total. The van der Waals surface area contributed by atoms with Gasteiger partial charge in [0.2, 0.25) is 5.91 Å². The monoisotopic (exact) mass is 378 g/mol. The quantitative estimate of drug-likeness (QED) is 0.834. The summed E-state index contributed by atoms with van der Waals surface area (Å²) in [4.78, 5) is 29.2. The number of hydrogen-bond donors (Lipinski definition) is 2. The molecular weight excluding hydrogens is 352 g/mol. The summed E-state index contributed by atoms with van der Waals surface area (Å²) in [5.41, 5.74) is 1.38. The number of nitrogens with one attached hydrogen (secondary N) is 2. The lowest BCUT2D eigenvalue weighted by molar-refractivity contribution is -0.117. The molecule has 2 amide bonds. The van der Waals surface area contributed by atoms with Crippen molar-refractivity contribution in [1.29, 1.82) is 0 Å². The smallest absolute Gasteiger partial charge is 0.253 e. The van der Waals surface area contributed by atoms with Crippen LogP contribution in [0.25, 0.3) is 0 Å². The fraction of sp³-hybridized carbons (Fsp3) is 0.579. The van der Waals surface area contributed by atoms with Gasteiger partial charge < -0.3 is 15.5 Å². The molecule has 2 heterocycles. The van der Waals surface area contributed by atoms with Gasteiger partial charge in [0.1, 0.15) is 0 Å². The number of carbonyl (C=O) groups excluding carboxylic acids is 2. The van der Waals surface area contributed by atoms with Crippen LogP contribution in [0, 0.1) is 5.92 Å². The van der Waals surface area contributed by atoms with E-state index in [-0.39, 0.29) is 30.1 Å². The van der Waals surface area contributed by atoms with E-state index in [9.17, 15) is 9.59 Å². The maximum absolute atomic E-state index is 12.8. The Morgan fingerprint density at radius 3 is 2.58 bits per heavy atom. The standard InChI is InChI=1S/C19H26N4O2.ClH/c24-18(14-4-5-14)21-16-3-1-2-15(12-16)19(25)23-9-6-17(13-23)22-10-7-20-8-11-22;/h1-3,12,14,17,20H,4-11,13H2,(H,21,24);1H. The summed E-state index contributed by atoms with van der Waals surface area (Å²) in [6, 6.07) is 7.82. The van der Waals surface area contributed by atoms with E-state index in [0.717, 1.165) is 64.2 Å². The van der Waals surface area contributed by atoms with Crippen LogP contribution < -0.4 is 10.6 Å². The lowest BCUT2D eigenvalue weighted by Crippen LogP contribution is -2.49. The number of piperazine rings is 1. The Balaban J connectivity index is 0.00000196. The van der Waals surface area contributed by atoms with E-state index in [1.165, 1.54) is 0 Å². The van der Waals surface area contributed by atoms with Gasteiger partial charge in [-0.15, -0.1) is 12.4 Å². The predicted octanol–water partition coefficient (Wildman–Crippen LogP) is 1.58. The zero-order valence-electron chi connectivity index (χ0n) is 14.9. The molecule has 0 radical (unpaired) electrons. The van der Waals surface area contributed by atoms with E-state index in [4.69, 9.17) is 0 Å². The first-order valence-corrected chi connectivity index (χ1v) is 9.36. The third-order valence-electron chi connectivity index (χ3n) is 5.44. The molecule has 3 aliphatic rings. The van der Waals surface area contributed by atoms with Crippen LogP contribution in [0.2, 0.25) is 0 Å². The summed E-state index contributed by atoms with van der Waals surface area (Å²) in [6.07, 6.45) is 3.00. The van der Waals surface area contributed by atoms with Gasteiger partial charge in [0.25, 0.3) is 5.91 Å². The Labute approximate surface area is 160 Å². The number of nitrogens with zero attached hydrogens (tertiary/aromatic N) is 2. The van der Waals surface area contributed by atoms with E-state index in [0.29, 0.717) is 11.6 Å². The minimum atomic E-state index is 0. The van der Waals surface area contributed by atoms with Crippen molar-refractivity contribution in [3.63, 3.8) is 0 Å². The van der Waals surface area contributed by atoms with Crippen molar-refractivity contribution in [2.45, 2.75) is 25.3 Å². The Bertz CT molecular complexity index is 659. The zero-order chi connectivity index (χ0) is 17.2. The van der Waals surface area contributed by atoms with Crippen molar-refractivity contribution in [2.24, 2.45) is 5.92 Å².